The molecule has 0 spiro atoms. The van der Waals surface area contributed by atoms with Crippen LogP contribution in [0.2, 0.25) is 0 Å². The van der Waals surface area contributed by atoms with Gasteiger partial charge in [0.05, 0.1) is 23.9 Å². The molecule has 5 aromatic rings. The molecule has 7 nitrogen and oxygen atoms in total. The summed E-state index contributed by atoms with van der Waals surface area (Å²) >= 11 is 0. The van der Waals surface area contributed by atoms with Crippen molar-refractivity contribution in [3.8, 4) is 28.6 Å². The van der Waals surface area contributed by atoms with Gasteiger partial charge in [-0.1, -0.05) is 53.0 Å². The summed E-state index contributed by atoms with van der Waals surface area (Å²) in [6.07, 6.45) is 0.220. The van der Waals surface area contributed by atoms with Crippen molar-refractivity contribution < 1.29 is 14.9 Å². The molecule has 0 saturated heterocycles. The van der Waals surface area contributed by atoms with Gasteiger partial charge in [-0.15, -0.1) is 5.10 Å². The van der Waals surface area contributed by atoms with Gasteiger partial charge in [0.25, 0.3) is 11.1 Å². The first-order valence-electron chi connectivity index (χ1n) is 10.8. The maximum atomic E-state index is 13.6. The summed E-state index contributed by atoms with van der Waals surface area (Å²) in [5, 5.41) is 14.3. The maximum absolute atomic E-state index is 13.6. The quantitative estimate of drug-likeness (QED) is 0.444. The van der Waals surface area contributed by atoms with E-state index in [1.54, 1.807) is 43.5 Å². The number of aromatic nitrogens is 3. The first-order chi connectivity index (χ1) is 16.6. The minimum atomic E-state index is -0.432. The third-order valence-electron chi connectivity index (χ3n) is 5.75. The van der Waals surface area contributed by atoms with Gasteiger partial charge in [0, 0.05) is 12.5 Å². The molecule has 0 aliphatic rings. The van der Waals surface area contributed by atoms with Crippen molar-refractivity contribution in [3.63, 3.8) is 0 Å². The largest absolute Gasteiger partial charge is 0.497 e. The Morgan fingerprint density at radius 3 is 2.18 bits per heavy atom. The SMILES string of the molecule is COc1ccc(-n2c(O)c(Cc3ccccc3)c(=O)n3[nH+]c(-c4ccccc4)c(=O)cc23)cc1. The molecule has 0 fully saturated rings. The van der Waals surface area contributed by atoms with Crippen LogP contribution in [0.15, 0.2) is 101 Å². The van der Waals surface area contributed by atoms with Crippen LogP contribution in [-0.2, 0) is 6.42 Å². The molecule has 0 amide bonds. The second-order valence-corrected chi connectivity index (χ2v) is 7.86. The predicted octanol–water partition coefficient (Wildman–Crippen LogP) is 3.24. The number of fused-ring (bicyclic) bond motifs is 1. The zero-order valence-corrected chi connectivity index (χ0v) is 18.4. The van der Waals surface area contributed by atoms with Crippen LogP contribution in [-0.4, -0.2) is 21.3 Å². The number of rotatable bonds is 5. The Morgan fingerprint density at radius 2 is 1.53 bits per heavy atom. The Morgan fingerprint density at radius 1 is 0.882 bits per heavy atom. The zero-order valence-electron chi connectivity index (χ0n) is 18.4. The average Bonchev–Trinajstić information content (AvgIpc) is 2.88. The van der Waals surface area contributed by atoms with Gasteiger partial charge in [-0.3, -0.25) is 14.2 Å². The molecule has 0 aliphatic heterocycles. The lowest BCUT2D eigenvalue weighted by Crippen LogP contribution is -2.38. The van der Waals surface area contributed by atoms with E-state index >= 15 is 0 Å². The van der Waals surface area contributed by atoms with E-state index in [1.807, 2.05) is 48.5 Å². The van der Waals surface area contributed by atoms with E-state index in [1.165, 1.54) is 15.1 Å². The van der Waals surface area contributed by atoms with E-state index in [2.05, 4.69) is 5.10 Å². The fourth-order valence-corrected chi connectivity index (χ4v) is 4.02. The van der Waals surface area contributed by atoms with Crippen LogP contribution >= 0.6 is 0 Å². The molecule has 5 rings (SSSR count). The van der Waals surface area contributed by atoms with Gasteiger partial charge in [-0.25, -0.2) is 0 Å². The third-order valence-corrected chi connectivity index (χ3v) is 5.75. The smallest absolute Gasteiger partial charge is 0.317 e. The van der Waals surface area contributed by atoms with E-state index in [9.17, 15) is 14.7 Å². The zero-order chi connectivity index (χ0) is 23.7. The predicted molar refractivity (Wildman–Crippen MR) is 129 cm³/mol. The van der Waals surface area contributed by atoms with Crippen molar-refractivity contribution in [1.82, 2.24) is 9.08 Å². The molecule has 34 heavy (non-hydrogen) atoms. The lowest BCUT2D eigenvalue weighted by atomic mass is 10.1. The number of hydrogen-bond acceptors (Lipinski definition) is 4. The average molecular weight is 452 g/mol. The van der Waals surface area contributed by atoms with Gasteiger partial charge in [-0.2, -0.15) is 0 Å². The summed E-state index contributed by atoms with van der Waals surface area (Å²) in [5.41, 5.74) is 2.08. The van der Waals surface area contributed by atoms with E-state index in [-0.39, 0.29) is 34.6 Å². The fourth-order valence-electron chi connectivity index (χ4n) is 4.02. The Hall–Kier alpha value is -4.65. The summed E-state index contributed by atoms with van der Waals surface area (Å²) in [6.45, 7) is 0. The van der Waals surface area contributed by atoms with E-state index in [0.29, 0.717) is 17.0 Å². The summed E-state index contributed by atoms with van der Waals surface area (Å²) in [5.74, 6) is 0.424. The van der Waals surface area contributed by atoms with Gasteiger partial charge in [0.1, 0.15) is 5.75 Å². The monoisotopic (exact) mass is 452 g/mol. The third kappa shape index (κ3) is 3.73. The molecular formula is C27H22N3O4+. The van der Waals surface area contributed by atoms with Crippen molar-refractivity contribution >= 4 is 5.65 Å². The number of ether oxygens (including phenoxy) is 1. The number of H-pyrrole nitrogens is 1. The fraction of sp³-hybridized carbons (Fsp3) is 0.0741. The normalized spacial score (nSPS) is 11.0. The second-order valence-electron chi connectivity index (χ2n) is 7.86. The highest BCUT2D eigenvalue weighted by Gasteiger charge is 2.23. The highest BCUT2D eigenvalue weighted by molar-refractivity contribution is 5.59. The highest BCUT2D eigenvalue weighted by Crippen LogP contribution is 2.25. The molecule has 168 valence electrons. The first kappa shape index (κ1) is 21.2. The molecule has 0 atom stereocenters. The molecule has 0 unspecified atom stereocenters. The Labute approximate surface area is 194 Å². The maximum Gasteiger partial charge on any atom is 0.317 e. The lowest BCUT2D eigenvalue weighted by molar-refractivity contribution is -0.461. The van der Waals surface area contributed by atoms with Gasteiger partial charge in [0.15, 0.2) is 5.65 Å². The molecule has 2 aromatic heterocycles. The van der Waals surface area contributed by atoms with E-state index < -0.39 is 5.56 Å². The highest BCUT2D eigenvalue weighted by atomic mass is 16.5. The van der Waals surface area contributed by atoms with Gasteiger partial charge >= 0.3 is 5.56 Å². The van der Waals surface area contributed by atoms with E-state index in [4.69, 9.17) is 4.74 Å². The molecule has 0 radical (unpaired) electrons. The number of benzene rings is 3. The minimum absolute atomic E-state index is 0.202. The van der Waals surface area contributed by atoms with Crippen molar-refractivity contribution in [2.75, 3.05) is 7.11 Å². The molecule has 3 aromatic carbocycles. The summed E-state index contributed by atoms with van der Waals surface area (Å²) < 4.78 is 8.05. The molecule has 0 saturated carbocycles. The van der Waals surface area contributed by atoms with Crippen molar-refractivity contribution in [2.24, 2.45) is 0 Å². The second kappa shape index (κ2) is 8.71. The number of hydrogen-bond donors (Lipinski definition) is 1. The van der Waals surface area contributed by atoms with Crippen LogP contribution in [0.5, 0.6) is 11.6 Å². The number of methoxy groups -OCH3 is 1. The van der Waals surface area contributed by atoms with Gasteiger partial charge in [0.2, 0.25) is 5.88 Å². The van der Waals surface area contributed by atoms with Gasteiger partial charge < -0.3 is 9.84 Å². The van der Waals surface area contributed by atoms with Crippen molar-refractivity contribution in [1.29, 1.82) is 0 Å². The van der Waals surface area contributed by atoms with E-state index in [0.717, 1.165) is 5.56 Å². The topological polar surface area (TPSA) is 87.1 Å². The Bertz CT molecular complexity index is 1590. The van der Waals surface area contributed by atoms with Crippen LogP contribution in [0.3, 0.4) is 0 Å². The van der Waals surface area contributed by atoms with Crippen LogP contribution in [0.4, 0.5) is 0 Å². The molecule has 0 aliphatic carbocycles. The molecule has 2 heterocycles. The standard InChI is InChI=1S/C27H21N3O4/c1-34-21-14-12-20(13-15-21)29-24-17-23(31)25(19-10-6-3-7-11-19)28-30(24)27(33)22(26(29)32)16-18-8-4-2-5-9-18/h2-15,17,32H,16H2,1H3/p+1. The Balaban J connectivity index is 1.83. The van der Waals surface area contributed by atoms with Crippen molar-refractivity contribution in [2.45, 2.75) is 6.42 Å². The summed E-state index contributed by atoms with van der Waals surface area (Å²) in [6, 6.07) is 26.9. The molecular weight excluding hydrogens is 430 g/mol. The summed E-state index contributed by atoms with van der Waals surface area (Å²) in [7, 11) is 1.57. The van der Waals surface area contributed by atoms with Crippen molar-refractivity contribution in [3.05, 3.63) is 123 Å². The van der Waals surface area contributed by atoms with Gasteiger partial charge in [-0.05, 0) is 42.0 Å². The lowest BCUT2D eigenvalue weighted by Gasteiger charge is -2.15. The minimum Gasteiger partial charge on any atom is -0.497 e. The van der Waals surface area contributed by atoms with Crippen LogP contribution in [0, 0.1) is 0 Å². The van der Waals surface area contributed by atoms with Crippen LogP contribution < -0.4 is 20.8 Å². The van der Waals surface area contributed by atoms with Crippen LogP contribution in [0.1, 0.15) is 11.1 Å². The number of aromatic amines is 1. The first-order valence-corrected chi connectivity index (χ1v) is 10.8. The van der Waals surface area contributed by atoms with Crippen LogP contribution in [0.25, 0.3) is 22.6 Å². The molecule has 7 heteroatoms. The molecule has 0 bridgehead atoms. The number of aromatic hydroxyl groups is 1. The number of nitrogens with zero attached hydrogens (tertiary/aromatic N) is 2. The summed E-state index contributed by atoms with van der Waals surface area (Å²) in [4.78, 5) is 26.6. The molecule has 2 N–H and O–H groups in total. The Kier molecular flexibility index (Phi) is 5.43. The number of nitrogens with one attached hydrogen (secondary N) is 1.